The molecule has 0 amide bonds. The Hall–Kier alpha value is -2.07. The highest BCUT2D eigenvalue weighted by atomic mass is 31.1. The molecule has 0 aromatic heterocycles. The maximum absolute atomic E-state index is 11.7. The van der Waals surface area contributed by atoms with Crippen LogP contribution in [-0.2, 0) is 36.0 Å². The van der Waals surface area contributed by atoms with Crippen LogP contribution in [0, 0.1) is 0 Å². The summed E-state index contributed by atoms with van der Waals surface area (Å²) >= 11 is 0. The first-order chi connectivity index (χ1) is 11.6. The minimum atomic E-state index is -2.85. The zero-order valence-corrected chi connectivity index (χ0v) is 14.1. The first-order valence-corrected chi connectivity index (χ1v) is 8.77. The van der Waals surface area contributed by atoms with Crippen LogP contribution in [0.3, 0.4) is 0 Å². The molecule has 5 nitrogen and oxygen atoms in total. The molecule has 0 unspecified atom stereocenters. The standard InChI is InChI=1S/C18H19O5P/c19-17(11-15-7-3-1-4-8-15)13-22-24(21)23-14-18(20)12-16-9-5-2-6-10-16/h1-10,24H,11-14H2. The van der Waals surface area contributed by atoms with Crippen molar-refractivity contribution in [2.75, 3.05) is 13.2 Å². The van der Waals surface area contributed by atoms with Gasteiger partial charge in [0, 0.05) is 12.8 Å². The van der Waals surface area contributed by atoms with E-state index < -0.39 is 8.25 Å². The number of carbonyl (C=O) groups is 2. The summed E-state index contributed by atoms with van der Waals surface area (Å²) in [6.07, 6.45) is 0.422. The molecule has 24 heavy (non-hydrogen) atoms. The Morgan fingerprint density at radius 2 is 1.08 bits per heavy atom. The maximum atomic E-state index is 11.7. The molecule has 0 aliphatic rings. The van der Waals surface area contributed by atoms with Crippen molar-refractivity contribution >= 4 is 19.8 Å². The van der Waals surface area contributed by atoms with Gasteiger partial charge in [0.25, 0.3) is 0 Å². The zero-order valence-electron chi connectivity index (χ0n) is 13.1. The summed E-state index contributed by atoms with van der Waals surface area (Å²) in [6.45, 7) is -0.584. The Morgan fingerprint density at radius 3 is 1.46 bits per heavy atom. The summed E-state index contributed by atoms with van der Waals surface area (Å²) < 4.78 is 21.4. The van der Waals surface area contributed by atoms with Crippen molar-refractivity contribution in [1.82, 2.24) is 0 Å². The molecular formula is C18H19O5P. The number of Topliss-reactive ketones (excluding diaryl/α,β-unsaturated/α-hetero) is 2. The minimum Gasteiger partial charge on any atom is -0.303 e. The van der Waals surface area contributed by atoms with Gasteiger partial charge in [0.2, 0.25) is 0 Å². The fourth-order valence-electron chi connectivity index (χ4n) is 2.07. The molecule has 0 aliphatic heterocycles. The van der Waals surface area contributed by atoms with Gasteiger partial charge < -0.3 is 9.05 Å². The van der Waals surface area contributed by atoms with Crippen LogP contribution in [0.4, 0.5) is 0 Å². The van der Waals surface area contributed by atoms with Gasteiger partial charge >= 0.3 is 8.25 Å². The summed E-state index contributed by atoms with van der Waals surface area (Å²) in [6, 6.07) is 18.4. The summed E-state index contributed by atoms with van der Waals surface area (Å²) in [4.78, 5) is 23.5. The molecule has 0 radical (unpaired) electrons. The fraction of sp³-hybridized carbons (Fsp3) is 0.222. The molecule has 0 N–H and O–H groups in total. The number of hydrogen-bond donors (Lipinski definition) is 0. The van der Waals surface area contributed by atoms with Gasteiger partial charge in [-0.05, 0) is 11.1 Å². The number of ketones is 2. The molecule has 2 aromatic rings. The monoisotopic (exact) mass is 346 g/mol. The average molecular weight is 346 g/mol. The largest absolute Gasteiger partial charge is 0.319 e. The van der Waals surface area contributed by atoms with Gasteiger partial charge in [-0.1, -0.05) is 60.7 Å². The highest BCUT2D eigenvalue weighted by Gasteiger charge is 2.10. The van der Waals surface area contributed by atoms with Crippen LogP contribution in [0.2, 0.25) is 0 Å². The molecule has 2 rings (SSSR count). The molecule has 0 fully saturated rings. The van der Waals surface area contributed by atoms with Crippen LogP contribution in [0.1, 0.15) is 11.1 Å². The van der Waals surface area contributed by atoms with E-state index in [-0.39, 0.29) is 37.6 Å². The predicted octanol–water partition coefficient (Wildman–Crippen LogP) is 3.03. The van der Waals surface area contributed by atoms with Crippen molar-refractivity contribution in [1.29, 1.82) is 0 Å². The summed E-state index contributed by atoms with van der Waals surface area (Å²) in [5.74, 6) is -0.391. The minimum absolute atomic E-state index is 0.196. The van der Waals surface area contributed by atoms with E-state index in [0.29, 0.717) is 0 Å². The van der Waals surface area contributed by atoms with Gasteiger partial charge in [-0.25, -0.2) is 0 Å². The zero-order chi connectivity index (χ0) is 17.2. The van der Waals surface area contributed by atoms with Crippen LogP contribution < -0.4 is 0 Å². The summed E-state index contributed by atoms with van der Waals surface area (Å²) in [5.41, 5.74) is 1.73. The van der Waals surface area contributed by atoms with Crippen LogP contribution in [0.25, 0.3) is 0 Å². The van der Waals surface area contributed by atoms with Crippen molar-refractivity contribution in [3.05, 3.63) is 71.8 Å². The van der Waals surface area contributed by atoms with E-state index in [1.165, 1.54) is 0 Å². The van der Waals surface area contributed by atoms with E-state index in [0.717, 1.165) is 11.1 Å². The van der Waals surface area contributed by atoms with Gasteiger partial charge in [0.1, 0.15) is 13.2 Å². The molecule has 0 saturated carbocycles. The van der Waals surface area contributed by atoms with Crippen molar-refractivity contribution in [2.24, 2.45) is 0 Å². The van der Waals surface area contributed by atoms with Crippen LogP contribution in [-0.4, -0.2) is 24.8 Å². The molecule has 0 atom stereocenters. The third kappa shape index (κ3) is 7.01. The normalized spacial score (nSPS) is 10.7. The molecule has 0 aliphatic carbocycles. The first kappa shape index (κ1) is 18.3. The van der Waals surface area contributed by atoms with Gasteiger partial charge in [0.05, 0.1) is 0 Å². The van der Waals surface area contributed by atoms with Gasteiger partial charge in [-0.2, -0.15) is 0 Å². The number of rotatable bonds is 10. The van der Waals surface area contributed by atoms with Gasteiger partial charge in [0.15, 0.2) is 11.6 Å². The van der Waals surface area contributed by atoms with E-state index in [2.05, 4.69) is 0 Å². The Morgan fingerprint density at radius 1 is 0.708 bits per heavy atom. The maximum Gasteiger partial charge on any atom is 0.319 e. The second-order valence-electron chi connectivity index (χ2n) is 5.23. The Bertz CT molecular complexity index is 626. The molecule has 0 saturated heterocycles. The molecule has 6 heteroatoms. The van der Waals surface area contributed by atoms with Crippen LogP contribution >= 0.6 is 8.25 Å². The smallest absolute Gasteiger partial charge is 0.303 e. The van der Waals surface area contributed by atoms with Crippen molar-refractivity contribution in [3.8, 4) is 0 Å². The number of carbonyl (C=O) groups excluding carboxylic acids is 2. The molecular weight excluding hydrogens is 327 g/mol. The Labute approximate surface area is 141 Å². The lowest BCUT2D eigenvalue weighted by Gasteiger charge is -2.05. The van der Waals surface area contributed by atoms with Gasteiger partial charge in [-0.15, -0.1) is 0 Å². The topological polar surface area (TPSA) is 69.7 Å². The quantitative estimate of drug-likeness (QED) is 0.619. The average Bonchev–Trinajstić information content (AvgIpc) is 2.60. The predicted molar refractivity (Wildman–Crippen MR) is 91.2 cm³/mol. The second-order valence-corrected chi connectivity index (χ2v) is 6.31. The van der Waals surface area contributed by atoms with E-state index >= 15 is 0 Å². The van der Waals surface area contributed by atoms with Crippen LogP contribution in [0.5, 0.6) is 0 Å². The Kier molecular flexibility index (Phi) is 7.56. The molecule has 0 bridgehead atoms. The second kappa shape index (κ2) is 9.93. The number of benzene rings is 2. The highest BCUT2D eigenvalue weighted by molar-refractivity contribution is 7.33. The molecule has 126 valence electrons. The number of hydrogen-bond acceptors (Lipinski definition) is 5. The van der Waals surface area contributed by atoms with Gasteiger partial charge in [-0.3, -0.25) is 14.2 Å². The van der Waals surface area contributed by atoms with Crippen molar-refractivity contribution in [3.63, 3.8) is 0 Å². The van der Waals surface area contributed by atoms with E-state index in [1.807, 2.05) is 60.7 Å². The highest BCUT2D eigenvalue weighted by Crippen LogP contribution is 2.23. The fourth-order valence-corrected chi connectivity index (χ4v) is 2.71. The Balaban J connectivity index is 1.64. The SMILES string of the molecule is O=C(CO[PH](=O)OCC(=O)Cc1ccccc1)Cc1ccccc1. The van der Waals surface area contributed by atoms with Crippen molar-refractivity contribution in [2.45, 2.75) is 12.8 Å². The first-order valence-electron chi connectivity index (χ1n) is 7.54. The lowest BCUT2D eigenvalue weighted by molar-refractivity contribution is -0.120. The summed E-state index contributed by atoms with van der Waals surface area (Å²) in [7, 11) is -2.85. The van der Waals surface area contributed by atoms with Crippen molar-refractivity contribution < 1.29 is 23.2 Å². The third-order valence-electron chi connectivity index (χ3n) is 3.19. The van der Waals surface area contributed by atoms with E-state index in [4.69, 9.17) is 9.05 Å². The van der Waals surface area contributed by atoms with E-state index in [1.54, 1.807) is 0 Å². The molecule has 0 spiro atoms. The van der Waals surface area contributed by atoms with Crippen LogP contribution in [0.15, 0.2) is 60.7 Å². The third-order valence-corrected chi connectivity index (χ3v) is 3.95. The molecule has 0 heterocycles. The lowest BCUT2D eigenvalue weighted by atomic mass is 10.1. The lowest BCUT2D eigenvalue weighted by Crippen LogP contribution is -2.11. The van der Waals surface area contributed by atoms with E-state index in [9.17, 15) is 14.2 Å². The molecule has 2 aromatic carbocycles. The summed E-state index contributed by atoms with van der Waals surface area (Å²) in [5, 5.41) is 0.